The molecular formula is C28H26N2O5. The van der Waals surface area contributed by atoms with E-state index in [1.54, 1.807) is 12.1 Å². The Bertz CT molecular complexity index is 1250. The van der Waals surface area contributed by atoms with Crippen LogP contribution < -0.4 is 10.6 Å². The molecule has 7 heteroatoms. The highest BCUT2D eigenvalue weighted by Crippen LogP contribution is 2.44. The highest BCUT2D eigenvalue weighted by atomic mass is 16.5. The minimum Gasteiger partial charge on any atom is -0.478 e. The second-order valence-corrected chi connectivity index (χ2v) is 9.07. The van der Waals surface area contributed by atoms with Crippen molar-refractivity contribution in [1.29, 1.82) is 0 Å². The van der Waals surface area contributed by atoms with Crippen molar-refractivity contribution in [2.45, 2.75) is 37.3 Å². The van der Waals surface area contributed by atoms with E-state index < -0.39 is 17.6 Å². The van der Waals surface area contributed by atoms with Crippen LogP contribution in [-0.2, 0) is 16.1 Å². The third kappa shape index (κ3) is 4.37. The van der Waals surface area contributed by atoms with Crippen LogP contribution in [0.15, 0.2) is 72.8 Å². The lowest BCUT2D eigenvalue weighted by Crippen LogP contribution is -2.62. The second-order valence-electron chi connectivity index (χ2n) is 9.07. The van der Waals surface area contributed by atoms with Crippen molar-refractivity contribution in [1.82, 2.24) is 10.6 Å². The van der Waals surface area contributed by atoms with Crippen molar-refractivity contribution >= 4 is 18.0 Å². The number of fused-ring (bicyclic) bond motifs is 3. The molecular weight excluding hydrogens is 444 g/mol. The standard InChI is InChI=1S/C28H26N2O5/c31-25(32)19-8-5-7-18(15-19)16-29-26(33)28(13-6-14-28)30-27(34)35-17-24-22-11-3-1-9-20(22)21-10-2-4-12-23(21)24/h1-5,7-12,15,24H,6,13-14,16-17H2,(H,29,33)(H,30,34)(H,31,32). The van der Waals surface area contributed by atoms with Crippen LogP contribution in [0.5, 0.6) is 0 Å². The average Bonchev–Trinajstić information content (AvgIpc) is 3.17. The number of hydrogen-bond acceptors (Lipinski definition) is 4. The number of amides is 2. The lowest BCUT2D eigenvalue weighted by atomic mass is 9.76. The predicted molar refractivity (Wildman–Crippen MR) is 130 cm³/mol. The number of benzene rings is 3. The van der Waals surface area contributed by atoms with E-state index in [1.807, 2.05) is 24.3 Å². The van der Waals surface area contributed by atoms with Crippen molar-refractivity contribution in [3.8, 4) is 11.1 Å². The number of carbonyl (C=O) groups excluding carboxylic acids is 2. The zero-order valence-corrected chi connectivity index (χ0v) is 19.1. The maximum Gasteiger partial charge on any atom is 0.408 e. The summed E-state index contributed by atoms with van der Waals surface area (Å²) in [5.74, 6) is -1.37. The van der Waals surface area contributed by atoms with Crippen molar-refractivity contribution in [3.63, 3.8) is 0 Å². The van der Waals surface area contributed by atoms with Crippen LogP contribution in [0.25, 0.3) is 11.1 Å². The Kier molecular flexibility index (Phi) is 5.99. The highest BCUT2D eigenvalue weighted by Gasteiger charge is 2.46. The summed E-state index contributed by atoms with van der Waals surface area (Å²) in [4.78, 5) is 36.9. The van der Waals surface area contributed by atoms with E-state index in [1.165, 1.54) is 12.1 Å². The van der Waals surface area contributed by atoms with Crippen molar-refractivity contribution in [3.05, 3.63) is 95.1 Å². The summed E-state index contributed by atoms with van der Waals surface area (Å²) in [7, 11) is 0. The molecule has 5 rings (SSSR count). The number of alkyl carbamates (subject to hydrolysis) is 1. The molecule has 178 valence electrons. The third-order valence-corrected chi connectivity index (χ3v) is 6.95. The molecule has 0 bridgehead atoms. The van der Waals surface area contributed by atoms with E-state index in [2.05, 4.69) is 34.9 Å². The number of carboxylic acids is 1. The summed E-state index contributed by atoms with van der Waals surface area (Å²) in [6.45, 7) is 0.355. The summed E-state index contributed by atoms with van der Waals surface area (Å²) < 4.78 is 5.63. The molecule has 0 atom stereocenters. The van der Waals surface area contributed by atoms with Gasteiger partial charge in [0.05, 0.1) is 5.56 Å². The van der Waals surface area contributed by atoms with Gasteiger partial charge in [0.2, 0.25) is 5.91 Å². The lowest BCUT2D eigenvalue weighted by molar-refractivity contribution is -0.131. The quantitative estimate of drug-likeness (QED) is 0.473. The van der Waals surface area contributed by atoms with E-state index in [0.717, 1.165) is 28.7 Å². The smallest absolute Gasteiger partial charge is 0.408 e. The topological polar surface area (TPSA) is 105 Å². The number of hydrogen-bond donors (Lipinski definition) is 3. The molecule has 2 aliphatic carbocycles. The fraction of sp³-hybridized carbons (Fsp3) is 0.250. The zero-order chi connectivity index (χ0) is 24.4. The Morgan fingerprint density at radius 2 is 1.57 bits per heavy atom. The first-order valence-corrected chi connectivity index (χ1v) is 11.7. The van der Waals surface area contributed by atoms with Crippen molar-refractivity contribution in [2.24, 2.45) is 0 Å². The Balaban J connectivity index is 1.21. The minimum absolute atomic E-state index is 0.0548. The molecule has 0 saturated heterocycles. The average molecular weight is 471 g/mol. The van der Waals surface area contributed by atoms with Gasteiger partial charge in [0.25, 0.3) is 0 Å². The summed E-state index contributed by atoms with van der Waals surface area (Å²) in [6, 6.07) is 22.7. The molecule has 1 fully saturated rings. The molecule has 0 unspecified atom stereocenters. The van der Waals surface area contributed by atoms with Gasteiger partial charge >= 0.3 is 12.1 Å². The molecule has 35 heavy (non-hydrogen) atoms. The number of rotatable bonds is 7. The van der Waals surface area contributed by atoms with Gasteiger partial charge in [-0.25, -0.2) is 9.59 Å². The fourth-order valence-electron chi connectivity index (χ4n) is 4.93. The number of carboxylic acid groups (broad SMARTS) is 1. The van der Waals surface area contributed by atoms with E-state index in [0.29, 0.717) is 18.4 Å². The van der Waals surface area contributed by atoms with Crippen LogP contribution in [0, 0.1) is 0 Å². The SMILES string of the molecule is O=C(NC1(C(=O)NCc2cccc(C(=O)O)c2)CCC1)OCC1c2ccccc2-c2ccccc21. The molecule has 1 saturated carbocycles. The molecule has 0 aromatic heterocycles. The maximum absolute atomic E-state index is 13.0. The molecule has 2 amide bonds. The van der Waals surface area contributed by atoms with Gasteiger partial charge in [0.1, 0.15) is 12.1 Å². The predicted octanol–water partition coefficient (Wildman–Crippen LogP) is 4.46. The molecule has 3 aromatic carbocycles. The van der Waals surface area contributed by atoms with E-state index in [4.69, 9.17) is 9.84 Å². The Morgan fingerprint density at radius 3 is 2.17 bits per heavy atom. The molecule has 0 spiro atoms. The summed E-state index contributed by atoms with van der Waals surface area (Å²) in [5, 5.41) is 14.8. The number of aromatic carboxylic acids is 1. The molecule has 0 heterocycles. The van der Waals surface area contributed by atoms with Gasteiger partial charge in [-0.3, -0.25) is 4.79 Å². The molecule has 2 aliphatic rings. The second kappa shape index (κ2) is 9.25. The van der Waals surface area contributed by atoms with Gasteiger partial charge in [-0.15, -0.1) is 0 Å². The van der Waals surface area contributed by atoms with Gasteiger partial charge in [-0.2, -0.15) is 0 Å². The Morgan fingerprint density at radius 1 is 0.914 bits per heavy atom. The summed E-state index contributed by atoms with van der Waals surface area (Å²) in [6.07, 6.45) is 1.26. The molecule has 3 N–H and O–H groups in total. The highest BCUT2D eigenvalue weighted by molar-refractivity contribution is 5.91. The molecule has 7 nitrogen and oxygen atoms in total. The van der Waals surface area contributed by atoms with Crippen LogP contribution in [0.1, 0.15) is 52.2 Å². The van der Waals surface area contributed by atoms with Crippen molar-refractivity contribution in [2.75, 3.05) is 6.61 Å². The third-order valence-electron chi connectivity index (χ3n) is 6.95. The lowest BCUT2D eigenvalue weighted by Gasteiger charge is -2.40. The first-order valence-electron chi connectivity index (χ1n) is 11.7. The normalized spacial score (nSPS) is 15.3. The molecule has 0 aliphatic heterocycles. The van der Waals surface area contributed by atoms with Gasteiger partial charge < -0.3 is 20.5 Å². The molecule has 3 aromatic rings. The number of carbonyl (C=O) groups is 3. The van der Waals surface area contributed by atoms with Crippen molar-refractivity contribution < 1.29 is 24.2 Å². The van der Waals surface area contributed by atoms with Crippen LogP contribution in [0.3, 0.4) is 0 Å². The van der Waals surface area contributed by atoms with Gasteiger partial charge in [0.15, 0.2) is 0 Å². The van der Waals surface area contributed by atoms with Gasteiger partial charge in [-0.1, -0.05) is 60.7 Å². The largest absolute Gasteiger partial charge is 0.478 e. The van der Waals surface area contributed by atoms with Crippen LogP contribution in [0.2, 0.25) is 0 Å². The number of ether oxygens (including phenoxy) is 1. The fourth-order valence-corrected chi connectivity index (χ4v) is 4.93. The Hall–Kier alpha value is -4.13. The van der Waals surface area contributed by atoms with E-state index in [-0.39, 0.29) is 30.5 Å². The van der Waals surface area contributed by atoms with E-state index in [9.17, 15) is 14.4 Å². The first kappa shape index (κ1) is 22.7. The molecule has 0 radical (unpaired) electrons. The maximum atomic E-state index is 13.0. The monoisotopic (exact) mass is 470 g/mol. The van der Waals surface area contributed by atoms with Crippen LogP contribution >= 0.6 is 0 Å². The van der Waals surface area contributed by atoms with E-state index >= 15 is 0 Å². The summed E-state index contributed by atoms with van der Waals surface area (Å²) in [5.41, 5.74) is 4.38. The minimum atomic E-state index is -1.02. The summed E-state index contributed by atoms with van der Waals surface area (Å²) >= 11 is 0. The van der Waals surface area contributed by atoms with Gasteiger partial charge in [0, 0.05) is 12.5 Å². The van der Waals surface area contributed by atoms with Crippen LogP contribution in [0.4, 0.5) is 4.79 Å². The zero-order valence-electron chi connectivity index (χ0n) is 19.1. The first-order chi connectivity index (χ1) is 17.0. The van der Waals surface area contributed by atoms with Gasteiger partial charge in [-0.05, 0) is 59.2 Å². The van der Waals surface area contributed by atoms with Crippen LogP contribution in [-0.4, -0.2) is 35.2 Å². The Labute approximate surface area is 203 Å². The number of nitrogens with one attached hydrogen (secondary N) is 2.